The second kappa shape index (κ2) is 5.72. The number of alkyl halides is 3. The zero-order chi connectivity index (χ0) is 12.9. The van der Waals surface area contributed by atoms with E-state index in [2.05, 4.69) is 5.10 Å². The molecule has 0 aromatic heterocycles. The zero-order valence-corrected chi connectivity index (χ0v) is 9.60. The summed E-state index contributed by atoms with van der Waals surface area (Å²) < 4.78 is 35.4. The third-order valence-electron chi connectivity index (χ3n) is 1.75. The first kappa shape index (κ1) is 13.6. The minimum Gasteiger partial charge on any atom is -0.263 e. The lowest BCUT2D eigenvalue weighted by Crippen LogP contribution is -2.33. The molecule has 7 heteroatoms. The van der Waals surface area contributed by atoms with Crippen LogP contribution >= 0.6 is 11.8 Å². The Labute approximate surface area is 100 Å². The molecule has 1 aromatic rings. The lowest BCUT2D eigenvalue weighted by Gasteiger charge is -2.02. The Hall–Kier alpha value is -1.50. The average molecular weight is 262 g/mol. The van der Waals surface area contributed by atoms with Crippen molar-refractivity contribution in [1.82, 2.24) is 5.43 Å². The van der Waals surface area contributed by atoms with Crippen molar-refractivity contribution in [3.8, 4) is 0 Å². The van der Waals surface area contributed by atoms with Crippen LogP contribution in [0.3, 0.4) is 0 Å². The Morgan fingerprint density at radius 2 is 1.94 bits per heavy atom. The Balaban J connectivity index is 2.56. The summed E-state index contributed by atoms with van der Waals surface area (Å²) in [5.41, 5.74) is 2.00. The lowest BCUT2D eigenvalue weighted by atomic mass is 10.2. The van der Waals surface area contributed by atoms with Gasteiger partial charge in [-0.3, -0.25) is 4.79 Å². The van der Waals surface area contributed by atoms with Crippen LogP contribution in [-0.2, 0) is 4.79 Å². The largest absolute Gasteiger partial charge is 0.473 e. The molecule has 0 aliphatic rings. The van der Waals surface area contributed by atoms with E-state index in [1.807, 2.05) is 6.26 Å². The smallest absolute Gasteiger partial charge is 0.263 e. The molecule has 1 N–H and O–H groups in total. The zero-order valence-electron chi connectivity index (χ0n) is 8.78. The van der Waals surface area contributed by atoms with Crippen LogP contribution in [-0.4, -0.2) is 24.6 Å². The minimum absolute atomic E-state index is 0.602. The number of amides is 1. The number of hydrogen-bond acceptors (Lipinski definition) is 3. The third-order valence-corrected chi connectivity index (χ3v) is 2.50. The highest BCUT2D eigenvalue weighted by molar-refractivity contribution is 7.98. The first-order valence-electron chi connectivity index (χ1n) is 4.48. The lowest BCUT2D eigenvalue weighted by molar-refractivity contribution is -0.173. The van der Waals surface area contributed by atoms with E-state index < -0.39 is 12.1 Å². The minimum atomic E-state index is -4.92. The quantitative estimate of drug-likeness (QED) is 0.516. The van der Waals surface area contributed by atoms with E-state index >= 15 is 0 Å². The number of rotatable bonds is 3. The average Bonchev–Trinajstić information content (AvgIpc) is 2.28. The van der Waals surface area contributed by atoms with Gasteiger partial charge in [0.15, 0.2) is 0 Å². The van der Waals surface area contributed by atoms with Gasteiger partial charge in [0.25, 0.3) is 0 Å². The van der Waals surface area contributed by atoms with Crippen LogP contribution in [0.15, 0.2) is 34.3 Å². The number of hydrogen-bond donors (Lipinski definition) is 1. The number of thioether (sulfide) groups is 1. The number of carbonyl (C=O) groups excluding carboxylic acids is 1. The molecule has 3 nitrogen and oxygen atoms in total. The van der Waals surface area contributed by atoms with E-state index in [4.69, 9.17) is 0 Å². The van der Waals surface area contributed by atoms with Crippen LogP contribution < -0.4 is 5.43 Å². The molecule has 0 heterocycles. The standard InChI is InChI=1S/C10H9F3N2OS/c1-17-8-4-2-7(3-5-8)6-14-15-9(16)10(11,12)13/h2-6H,1H3,(H,15,16)/b14-6-. The Bertz CT molecular complexity index is 415. The van der Waals surface area contributed by atoms with Crippen LogP contribution in [0.2, 0.25) is 0 Å². The number of hydrazone groups is 1. The van der Waals surface area contributed by atoms with Gasteiger partial charge >= 0.3 is 12.1 Å². The van der Waals surface area contributed by atoms with Crippen molar-refractivity contribution < 1.29 is 18.0 Å². The third kappa shape index (κ3) is 4.48. The van der Waals surface area contributed by atoms with E-state index in [0.29, 0.717) is 5.56 Å². The SMILES string of the molecule is CSc1ccc(/C=N\NC(=O)C(F)(F)F)cc1. The van der Waals surface area contributed by atoms with Gasteiger partial charge in [-0.15, -0.1) is 11.8 Å². The maximum absolute atomic E-state index is 11.8. The van der Waals surface area contributed by atoms with Crippen molar-refractivity contribution in [2.45, 2.75) is 11.1 Å². The summed E-state index contributed by atoms with van der Waals surface area (Å²) in [4.78, 5) is 11.4. The van der Waals surface area contributed by atoms with E-state index in [1.54, 1.807) is 36.0 Å². The summed E-state index contributed by atoms with van der Waals surface area (Å²) >= 11 is 1.55. The number of benzene rings is 1. The normalized spacial score (nSPS) is 11.8. The van der Waals surface area contributed by atoms with Gasteiger partial charge in [-0.25, -0.2) is 5.43 Å². The van der Waals surface area contributed by atoms with Crippen molar-refractivity contribution in [2.75, 3.05) is 6.26 Å². The van der Waals surface area contributed by atoms with E-state index in [9.17, 15) is 18.0 Å². The topological polar surface area (TPSA) is 41.5 Å². The van der Waals surface area contributed by atoms with Crippen molar-refractivity contribution in [3.05, 3.63) is 29.8 Å². The maximum atomic E-state index is 11.8. The molecule has 0 bridgehead atoms. The van der Waals surface area contributed by atoms with Crippen LogP contribution in [0.25, 0.3) is 0 Å². The number of carbonyl (C=O) groups is 1. The van der Waals surface area contributed by atoms with Crippen LogP contribution in [0.5, 0.6) is 0 Å². The fraction of sp³-hybridized carbons (Fsp3) is 0.200. The van der Waals surface area contributed by atoms with Gasteiger partial charge in [0.1, 0.15) is 0 Å². The molecular weight excluding hydrogens is 253 g/mol. The molecule has 1 rings (SSSR count). The second-order valence-electron chi connectivity index (χ2n) is 2.97. The fourth-order valence-electron chi connectivity index (χ4n) is 0.919. The maximum Gasteiger partial charge on any atom is 0.473 e. The van der Waals surface area contributed by atoms with Gasteiger partial charge in [-0.1, -0.05) is 12.1 Å². The van der Waals surface area contributed by atoms with Crippen LogP contribution in [0.1, 0.15) is 5.56 Å². The first-order chi connectivity index (χ1) is 7.93. The van der Waals surface area contributed by atoms with Crippen molar-refractivity contribution in [2.24, 2.45) is 5.10 Å². The monoisotopic (exact) mass is 262 g/mol. The number of nitrogens with zero attached hydrogens (tertiary/aromatic N) is 1. The summed E-state index contributed by atoms with van der Waals surface area (Å²) in [6.07, 6.45) is -1.86. The molecule has 0 saturated carbocycles. The van der Waals surface area contributed by atoms with Gasteiger partial charge < -0.3 is 0 Å². The van der Waals surface area contributed by atoms with Crippen LogP contribution in [0, 0.1) is 0 Å². The number of halogens is 3. The fourth-order valence-corrected chi connectivity index (χ4v) is 1.33. The molecule has 0 spiro atoms. The van der Waals surface area contributed by atoms with Gasteiger partial charge in [0, 0.05) is 4.90 Å². The molecule has 0 radical (unpaired) electrons. The summed E-state index contributed by atoms with van der Waals surface area (Å²) in [5.74, 6) is -2.09. The molecule has 1 amide bonds. The summed E-state index contributed by atoms with van der Waals surface area (Å²) in [7, 11) is 0. The van der Waals surface area contributed by atoms with Crippen molar-refractivity contribution >= 4 is 23.9 Å². The first-order valence-corrected chi connectivity index (χ1v) is 5.70. The Kier molecular flexibility index (Phi) is 4.56. The summed E-state index contributed by atoms with van der Waals surface area (Å²) in [5, 5.41) is 3.21. The molecule has 0 aliphatic heterocycles. The molecule has 0 atom stereocenters. The van der Waals surface area contributed by atoms with Crippen molar-refractivity contribution in [3.63, 3.8) is 0 Å². The highest BCUT2D eigenvalue weighted by Crippen LogP contribution is 2.15. The van der Waals surface area contributed by atoms with E-state index in [1.165, 1.54) is 5.43 Å². The van der Waals surface area contributed by atoms with Crippen molar-refractivity contribution in [1.29, 1.82) is 0 Å². The molecule has 0 aliphatic carbocycles. The van der Waals surface area contributed by atoms with Crippen LogP contribution in [0.4, 0.5) is 13.2 Å². The second-order valence-corrected chi connectivity index (χ2v) is 3.85. The Morgan fingerprint density at radius 3 is 2.41 bits per heavy atom. The van der Waals surface area contributed by atoms with E-state index in [-0.39, 0.29) is 0 Å². The molecule has 0 unspecified atom stereocenters. The summed E-state index contributed by atoms with van der Waals surface area (Å²) in [6.45, 7) is 0. The highest BCUT2D eigenvalue weighted by Gasteiger charge is 2.38. The molecule has 1 aromatic carbocycles. The van der Waals surface area contributed by atoms with E-state index in [0.717, 1.165) is 11.1 Å². The Morgan fingerprint density at radius 1 is 1.35 bits per heavy atom. The highest BCUT2D eigenvalue weighted by atomic mass is 32.2. The van der Waals surface area contributed by atoms with Gasteiger partial charge in [-0.05, 0) is 24.0 Å². The van der Waals surface area contributed by atoms with Gasteiger partial charge in [-0.2, -0.15) is 18.3 Å². The van der Waals surface area contributed by atoms with Gasteiger partial charge in [0.2, 0.25) is 0 Å². The number of nitrogens with one attached hydrogen (secondary N) is 1. The molecule has 92 valence electrons. The summed E-state index contributed by atoms with van der Waals surface area (Å²) in [6, 6.07) is 6.99. The predicted molar refractivity (Wildman–Crippen MR) is 60.0 cm³/mol. The molecule has 0 fully saturated rings. The predicted octanol–water partition coefficient (Wildman–Crippen LogP) is 2.42. The molecule has 0 saturated heterocycles. The molecular formula is C10H9F3N2OS. The van der Waals surface area contributed by atoms with Gasteiger partial charge in [0.05, 0.1) is 6.21 Å². The molecule has 17 heavy (non-hydrogen) atoms.